The largest absolute Gasteiger partial charge is 0.497 e. The first-order valence-electron chi connectivity index (χ1n) is 10.9. The highest BCUT2D eigenvalue weighted by molar-refractivity contribution is 7.80. The number of nitrogens with zero attached hydrogens (tertiary/aromatic N) is 3. The fourth-order valence-corrected chi connectivity index (χ4v) is 3.22. The first-order chi connectivity index (χ1) is 17.4. The van der Waals surface area contributed by atoms with Crippen LogP contribution in [0.3, 0.4) is 0 Å². The van der Waals surface area contributed by atoms with Gasteiger partial charge in [0.1, 0.15) is 11.5 Å². The van der Waals surface area contributed by atoms with Gasteiger partial charge in [0, 0.05) is 11.4 Å². The number of anilines is 2. The van der Waals surface area contributed by atoms with Gasteiger partial charge in [-0.2, -0.15) is 10.2 Å². The van der Waals surface area contributed by atoms with E-state index in [2.05, 4.69) is 36.7 Å². The number of rotatable bonds is 8. The summed E-state index contributed by atoms with van der Waals surface area (Å²) in [6.07, 6.45) is 0. The van der Waals surface area contributed by atoms with Gasteiger partial charge in [-0.05, 0) is 98.9 Å². The molecule has 0 atom stereocenters. The molecular formula is C25H27N7O2S2. The van der Waals surface area contributed by atoms with Gasteiger partial charge in [-0.1, -0.05) is 6.07 Å². The van der Waals surface area contributed by atoms with Crippen molar-refractivity contribution in [3.05, 3.63) is 78.1 Å². The van der Waals surface area contributed by atoms with E-state index in [0.29, 0.717) is 33.0 Å². The molecule has 0 saturated heterocycles. The van der Waals surface area contributed by atoms with Gasteiger partial charge in [-0.3, -0.25) is 10.9 Å². The molecule has 0 aliphatic carbocycles. The van der Waals surface area contributed by atoms with Crippen molar-refractivity contribution in [1.82, 2.24) is 15.8 Å². The van der Waals surface area contributed by atoms with Gasteiger partial charge < -0.3 is 20.1 Å². The number of aromatic nitrogens is 1. The standard InChI is InChI=1S/C25H27N7O2S2/c1-16(29-31-24(35)26-18-8-12-20(33-3)13-9-18)22-6-5-7-23(28-22)17(2)30-32-25(36)27-19-10-14-21(34-4)15-11-19/h5-15H,1-4H3,(H2,26,31,35)(H2,27,32,36)/b29-16+,30-17+. The van der Waals surface area contributed by atoms with Gasteiger partial charge in [-0.25, -0.2) is 4.98 Å². The van der Waals surface area contributed by atoms with Gasteiger partial charge in [0.15, 0.2) is 10.2 Å². The minimum Gasteiger partial charge on any atom is -0.497 e. The Kier molecular flexibility index (Phi) is 9.66. The molecule has 0 spiro atoms. The summed E-state index contributed by atoms with van der Waals surface area (Å²) < 4.78 is 10.3. The fraction of sp³-hybridized carbons (Fsp3) is 0.160. The van der Waals surface area contributed by atoms with Crippen LogP contribution in [0.5, 0.6) is 11.5 Å². The Bertz CT molecular complexity index is 1170. The summed E-state index contributed by atoms with van der Waals surface area (Å²) in [6.45, 7) is 3.68. The third kappa shape index (κ3) is 8.00. The van der Waals surface area contributed by atoms with Crippen molar-refractivity contribution in [2.24, 2.45) is 10.2 Å². The van der Waals surface area contributed by atoms with Crippen molar-refractivity contribution in [2.75, 3.05) is 24.9 Å². The molecule has 0 unspecified atom stereocenters. The Morgan fingerprint density at radius 1 is 0.667 bits per heavy atom. The van der Waals surface area contributed by atoms with Gasteiger partial charge >= 0.3 is 0 Å². The van der Waals surface area contributed by atoms with Crippen LogP contribution in [0.25, 0.3) is 0 Å². The number of nitrogens with one attached hydrogen (secondary N) is 4. The van der Waals surface area contributed by atoms with Crippen LogP contribution in [0.4, 0.5) is 11.4 Å². The van der Waals surface area contributed by atoms with Crippen LogP contribution in [0.1, 0.15) is 25.2 Å². The molecule has 0 aliphatic rings. The van der Waals surface area contributed by atoms with Gasteiger partial charge in [0.25, 0.3) is 0 Å². The molecule has 0 fully saturated rings. The summed E-state index contributed by atoms with van der Waals surface area (Å²) in [5.41, 5.74) is 10.00. The lowest BCUT2D eigenvalue weighted by atomic mass is 10.2. The topological polar surface area (TPSA) is 104 Å². The second-order valence-corrected chi connectivity index (χ2v) is 8.21. The Morgan fingerprint density at radius 3 is 1.42 bits per heavy atom. The van der Waals surface area contributed by atoms with E-state index < -0.39 is 0 Å². The van der Waals surface area contributed by atoms with Crippen LogP contribution < -0.4 is 31.0 Å². The molecule has 1 heterocycles. The first-order valence-corrected chi connectivity index (χ1v) is 11.7. The molecule has 2 aromatic carbocycles. The van der Waals surface area contributed by atoms with Gasteiger partial charge in [-0.15, -0.1) is 0 Å². The summed E-state index contributed by atoms with van der Waals surface area (Å²) in [4.78, 5) is 4.64. The highest BCUT2D eigenvalue weighted by atomic mass is 32.1. The fourth-order valence-electron chi connectivity index (χ4n) is 2.89. The molecule has 0 bridgehead atoms. The van der Waals surface area contributed by atoms with Crippen molar-refractivity contribution in [3.8, 4) is 11.5 Å². The molecule has 1 aromatic heterocycles. The van der Waals surface area contributed by atoms with Crippen LogP contribution in [-0.2, 0) is 0 Å². The summed E-state index contributed by atoms with van der Waals surface area (Å²) in [5, 5.41) is 15.5. The zero-order valence-electron chi connectivity index (χ0n) is 20.3. The third-order valence-electron chi connectivity index (χ3n) is 4.84. The average Bonchev–Trinajstić information content (AvgIpc) is 2.91. The number of hydrazone groups is 2. The number of hydrogen-bond acceptors (Lipinski definition) is 7. The number of pyridine rings is 1. The molecule has 0 amide bonds. The van der Waals surface area contributed by atoms with E-state index in [4.69, 9.17) is 33.9 Å². The smallest absolute Gasteiger partial charge is 0.191 e. The molecule has 4 N–H and O–H groups in total. The Balaban J connectivity index is 1.57. The maximum Gasteiger partial charge on any atom is 0.191 e. The Labute approximate surface area is 221 Å². The normalized spacial score (nSPS) is 11.3. The summed E-state index contributed by atoms with van der Waals surface area (Å²) in [7, 11) is 3.24. The molecule has 0 radical (unpaired) electrons. The molecule has 0 saturated carbocycles. The van der Waals surface area contributed by atoms with Crippen LogP contribution in [0.15, 0.2) is 76.9 Å². The monoisotopic (exact) mass is 521 g/mol. The molecule has 9 nitrogen and oxygen atoms in total. The summed E-state index contributed by atoms with van der Waals surface area (Å²) >= 11 is 10.6. The number of methoxy groups -OCH3 is 2. The van der Waals surface area contributed by atoms with E-state index in [0.717, 1.165) is 22.9 Å². The van der Waals surface area contributed by atoms with Crippen molar-refractivity contribution < 1.29 is 9.47 Å². The van der Waals surface area contributed by atoms with E-state index >= 15 is 0 Å². The van der Waals surface area contributed by atoms with Crippen molar-refractivity contribution in [3.63, 3.8) is 0 Å². The number of thiocarbonyl (C=S) groups is 2. The molecule has 186 valence electrons. The molecule has 11 heteroatoms. The average molecular weight is 522 g/mol. The highest BCUT2D eigenvalue weighted by Gasteiger charge is 2.06. The predicted octanol–water partition coefficient (Wildman–Crippen LogP) is 4.52. The second kappa shape index (κ2) is 13.1. The van der Waals surface area contributed by atoms with Crippen molar-refractivity contribution in [1.29, 1.82) is 0 Å². The van der Waals surface area contributed by atoms with Crippen molar-refractivity contribution >= 4 is 57.5 Å². The van der Waals surface area contributed by atoms with E-state index in [-0.39, 0.29) is 0 Å². The molecular weight excluding hydrogens is 494 g/mol. The zero-order valence-corrected chi connectivity index (χ0v) is 22.0. The summed E-state index contributed by atoms with van der Waals surface area (Å²) in [6, 6.07) is 20.4. The molecule has 0 aliphatic heterocycles. The Hall–Kier alpha value is -4.09. The van der Waals surface area contributed by atoms with Crippen LogP contribution >= 0.6 is 24.4 Å². The van der Waals surface area contributed by atoms with E-state index in [1.54, 1.807) is 14.2 Å². The Morgan fingerprint density at radius 2 is 1.06 bits per heavy atom. The zero-order chi connectivity index (χ0) is 25.9. The minimum absolute atomic E-state index is 0.357. The minimum atomic E-state index is 0.357. The highest BCUT2D eigenvalue weighted by Crippen LogP contribution is 2.15. The lowest BCUT2D eigenvalue weighted by Gasteiger charge is -2.10. The quantitative estimate of drug-likeness (QED) is 0.193. The van der Waals surface area contributed by atoms with Crippen LogP contribution in [-0.4, -0.2) is 40.9 Å². The van der Waals surface area contributed by atoms with E-state index in [1.165, 1.54) is 0 Å². The van der Waals surface area contributed by atoms with E-state index in [1.807, 2.05) is 80.6 Å². The lowest BCUT2D eigenvalue weighted by Crippen LogP contribution is -2.25. The van der Waals surface area contributed by atoms with Crippen LogP contribution in [0.2, 0.25) is 0 Å². The van der Waals surface area contributed by atoms with E-state index in [9.17, 15) is 0 Å². The SMILES string of the molecule is COc1ccc(NC(=S)N/N=C(\C)c2cccc(/C(C)=N/NC(=S)Nc3ccc(OC)cc3)n2)cc1. The van der Waals surface area contributed by atoms with Crippen molar-refractivity contribution in [2.45, 2.75) is 13.8 Å². The first kappa shape index (κ1) is 26.5. The number of hydrogen-bond donors (Lipinski definition) is 4. The lowest BCUT2D eigenvalue weighted by molar-refractivity contribution is 0.415. The molecule has 3 rings (SSSR count). The second-order valence-electron chi connectivity index (χ2n) is 7.39. The third-order valence-corrected chi connectivity index (χ3v) is 5.22. The molecule has 3 aromatic rings. The number of ether oxygens (including phenoxy) is 2. The van der Waals surface area contributed by atoms with Gasteiger partial charge in [0.2, 0.25) is 0 Å². The number of benzene rings is 2. The van der Waals surface area contributed by atoms with Gasteiger partial charge in [0.05, 0.1) is 37.0 Å². The maximum absolute atomic E-state index is 5.32. The molecule has 36 heavy (non-hydrogen) atoms. The summed E-state index contributed by atoms with van der Waals surface area (Å²) in [5.74, 6) is 1.53. The maximum atomic E-state index is 5.32. The van der Waals surface area contributed by atoms with Crippen LogP contribution in [0, 0.1) is 0 Å². The predicted molar refractivity (Wildman–Crippen MR) is 153 cm³/mol.